The molecule has 2 rings (SSSR count). The van der Waals surface area contributed by atoms with E-state index in [1.807, 2.05) is 6.92 Å². The fourth-order valence-corrected chi connectivity index (χ4v) is 2.50. The Labute approximate surface area is 118 Å². The van der Waals surface area contributed by atoms with E-state index in [1.54, 1.807) is 0 Å². The molecule has 1 aliphatic heterocycles. The predicted molar refractivity (Wildman–Crippen MR) is 72.9 cm³/mol. The minimum Gasteiger partial charge on any atom is -0.368 e. The molecule has 0 aliphatic carbocycles. The standard InChI is InChI=1S/C12H13BrN2O4/c1-7-4-5-19-11(7)12(16)14-8-2-3-10(15(17)18)9(13)6-8/h2-3,6-7,11H,4-5H2,1H3,(H,14,16)/t7-,11-/m1/s1. The number of halogens is 1. The minimum absolute atomic E-state index is 0.0384. The van der Waals surface area contributed by atoms with Crippen LogP contribution >= 0.6 is 15.9 Å². The quantitative estimate of drug-likeness (QED) is 0.683. The maximum absolute atomic E-state index is 12.0. The first-order valence-electron chi connectivity index (χ1n) is 5.85. The monoisotopic (exact) mass is 328 g/mol. The Morgan fingerprint density at radius 2 is 2.32 bits per heavy atom. The van der Waals surface area contributed by atoms with E-state index in [9.17, 15) is 14.9 Å². The molecule has 1 saturated heterocycles. The lowest BCUT2D eigenvalue weighted by Gasteiger charge is -2.14. The van der Waals surface area contributed by atoms with Crippen molar-refractivity contribution < 1.29 is 14.5 Å². The number of anilines is 1. The number of nitrogens with zero attached hydrogens (tertiary/aromatic N) is 1. The van der Waals surface area contributed by atoms with Crippen LogP contribution in [0.15, 0.2) is 22.7 Å². The Hall–Kier alpha value is -1.47. The molecule has 0 spiro atoms. The summed E-state index contributed by atoms with van der Waals surface area (Å²) >= 11 is 3.11. The molecule has 1 aromatic carbocycles. The summed E-state index contributed by atoms with van der Waals surface area (Å²) in [4.78, 5) is 22.2. The molecule has 0 aromatic heterocycles. The minimum atomic E-state index is -0.488. The van der Waals surface area contributed by atoms with E-state index in [0.717, 1.165) is 6.42 Å². The van der Waals surface area contributed by atoms with Crippen molar-refractivity contribution in [3.05, 3.63) is 32.8 Å². The molecule has 0 unspecified atom stereocenters. The van der Waals surface area contributed by atoms with E-state index in [1.165, 1.54) is 18.2 Å². The van der Waals surface area contributed by atoms with Gasteiger partial charge in [-0.1, -0.05) is 6.92 Å². The molecule has 2 atom stereocenters. The molecule has 6 nitrogen and oxygen atoms in total. The van der Waals surface area contributed by atoms with Crippen LogP contribution in [0.2, 0.25) is 0 Å². The van der Waals surface area contributed by atoms with Crippen molar-refractivity contribution in [3.8, 4) is 0 Å². The summed E-state index contributed by atoms with van der Waals surface area (Å²) in [6, 6.07) is 4.36. The highest BCUT2D eigenvalue weighted by Gasteiger charge is 2.31. The molecule has 1 amide bonds. The van der Waals surface area contributed by atoms with Gasteiger partial charge in [0.25, 0.3) is 11.6 Å². The van der Waals surface area contributed by atoms with Crippen molar-refractivity contribution in [2.45, 2.75) is 19.4 Å². The maximum atomic E-state index is 12.0. The van der Waals surface area contributed by atoms with Crippen LogP contribution in [0, 0.1) is 16.0 Å². The second-order valence-corrected chi connectivity index (χ2v) is 5.32. The molecule has 0 saturated carbocycles. The van der Waals surface area contributed by atoms with E-state index in [-0.39, 0.29) is 17.5 Å². The molecular formula is C12H13BrN2O4. The summed E-state index contributed by atoms with van der Waals surface area (Å²) in [5, 5.41) is 13.4. The van der Waals surface area contributed by atoms with E-state index in [0.29, 0.717) is 16.8 Å². The number of carbonyl (C=O) groups excluding carboxylic acids is 1. The Morgan fingerprint density at radius 3 is 2.84 bits per heavy atom. The third kappa shape index (κ3) is 3.10. The van der Waals surface area contributed by atoms with Crippen LogP contribution in [0.3, 0.4) is 0 Å². The third-order valence-electron chi connectivity index (χ3n) is 3.06. The van der Waals surface area contributed by atoms with Gasteiger partial charge in [-0.2, -0.15) is 0 Å². The van der Waals surface area contributed by atoms with Crippen molar-refractivity contribution in [1.82, 2.24) is 0 Å². The number of nitrogens with one attached hydrogen (secondary N) is 1. The van der Waals surface area contributed by atoms with Gasteiger partial charge in [0, 0.05) is 18.4 Å². The summed E-state index contributed by atoms with van der Waals surface area (Å²) in [5.41, 5.74) is 0.466. The summed E-state index contributed by atoms with van der Waals surface area (Å²) < 4.78 is 5.69. The Balaban J connectivity index is 2.09. The van der Waals surface area contributed by atoms with Gasteiger partial charge in [0.15, 0.2) is 0 Å². The zero-order valence-corrected chi connectivity index (χ0v) is 11.8. The number of rotatable bonds is 3. The van der Waals surface area contributed by atoms with Gasteiger partial charge in [-0.05, 0) is 40.4 Å². The fraction of sp³-hybridized carbons (Fsp3) is 0.417. The Bertz CT molecular complexity index is 520. The zero-order chi connectivity index (χ0) is 14.0. The number of hydrogen-bond acceptors (Lipinski definition) is 4. The van der Waals surface area contributed by atoms with E-state index in [4.69, 9.17) is 4.74 Å². The largest absolute Gasteiger partial charge is 0.368 e. The van der Waals surface area contributed by atoms with Gasteiger partial charge in [-0.25, -0.2) is 0 Å². The molecule has 19 heavy (non-hydrogen) atoms. The second-order valence-electron chi connectivity index (χ2n) is 4.47. The number of nitro groups is 1. The molecule has 102 valence electrons. The van der Waals surface area contributed by atoms with Crippen LogP contribution < -0.4 is 5.32 Å². The summed E-state index contributed by atoms with van der Waals surface area (Å²) in [6.45, 7) is 2.55. The first-order valence-corrected chi connectivity index (χ1v) is 6.64. The number of nitro benzene ring substituents is 1. The Kier molecular flexibility index (Phi) is 4.16. The first-order chi connectivity index (χ1) is 8.99. The average Bonchev–Trinajstić information content (AvgIpc) is 2.75. The topological polar surface area (TPSA) is 81.5 Å². The van der Waals surface area contributed by atoms with Gasteiger partial charge in [0.1, 0.15) is 6.10 Å². The lowest BCUT2D eigenvalue weighted by atomic mass is 10.0. The number of hydrogen-bond donors (Lipinski definition) is 1. The summed E-state index contributed by atoms with van der Waals surface area (Å²) in [5.74, 6) is -0.0350. The number of ether oxygens (including phenoxy) is 1. The van der Waals surface area contributed by atoms with Crippen molar-refractivity contribution in [2.24, 2.45) is 5.92 Å². The van der Waals surface area contributed by atoms with Crippen LogP contribution in [0.1, 0.15) is 13.3 Å². The van der Waals surface area contributed by atoms with Crippen LogP contribution in [-0.4, -0.2) is 23.5 Å². The van der Waals surface area contributed by atoms with E-state index >= 15 is 0 Å². The van der Waals surface area contributed by atoms with E-state index in [2.05, 4.69) is 21.2 Å². The highest BCUT2D eigenvalue weighted by atomic mass is 79.9. The third-order valence-corrected chi connectivity index (χ3v) is 3.69. The van der Waals surface area contributed by atoms with Gasteiger partial charge >= 0.3 is 0 Å². The van der Waals surface area contributed by atoms with E-state index < -0.39 is 11.0 Å². The van der Waals surface area contributed by atoms with Gasteiger partial charge in [0.05, 0.1) is 9.40 Å². The highest BCUT2D eigenvalue weighted by Crippen LogP contribution is 2.28. The number of amides is 1. The van der Waals surface area contributed by atoms with Crippen molar-refractivity contribution >= 4 is 33.2 Å². The van der Waals surface area contributed by atoms with Gasteiger partial charge in [-0.3, -0.25) is 14.9 Å². The predicted octanol–water partition coefficient (Wildman–Crippen LogP) is 2.72. The molecule has 1 N–H and O–H groups in total. The maximum Gasteiger partial charge on any atom is 0.283 e. The van der Waals surface area contributed by atoms with Crippen molar-refractivity contribution in [1.29, 1.82) is 0 Å². The van der Waals surface area contributed by atoms with Crippen LogP contribution in [0.5, 0.6) is 0 Å². The SMILES string of the molecule is C[C@@H]1CCO[C@H]1C(=O)Nc1ccc([N+](=O)[O-])c(Br)c1. The molecule has 0 bridgehead atoms. The van der Waals surface area contributed by atoms with Crippen LogP contribution in [0.4, 0.5) is 11.4 Å². The molecule has 1 heterocycles. The number of carbonyl (C=O) groups is 1. The van der Waals surface area contributed by atoms with Crippen LogP contribution in [-0.2, 0) is 9.53 Å². The molecule has 1 fully saturated rings. The van der Waals surface area contributed by atoms with Gasteiger partial charge < -0.3 is 10.1 Å². The highest BCUT2D eigenvalue weighted by molar-refractivity contribution is 9.10. The summed E-state index contributed by atoms with van der Waals surface area (Å²) in [6.07, 6.45) is 0.413. The van der Waals surface area contributed by atoms with Gasteiger partial charge in [-0.15, -0.1) is 0 Å². The van der Waals surface area contributed by atoms with Crippen molar-refractivity contribution in [3.63, 3.8) is 0 Å². The van der Waals surface area contributed by atoms with Crippen molar-refractivity contribution in [2.75, 3.05) is 11.9 Å². The first kappa shape index (κ1) is 14.0. The average molecular weight is 329 g/mol. The van der Waals surface area contributed by atoms with Gasteiger partial charge in [0.2, 0.25) is 0 Å². The molecule has 1 aromatic rings. The molecule has 7 heteroatoms. The fourth-order valence-electron chi connectivity index (χ4n) is 1.98. The smallest absolute Gasteiger partial charge is 0.283 e. The molecular weight excluding hydrogens is 316 g/mol. The summed E-state index contributed by atoms with van der Waals surface area (Å²) in [7, 11) is 0. The lowest BCUT2D eigenvalue weighted by Crippen LogP contribution is -2.31. The molecule has 1 aliphatic rings. The normalized spacial score (nSPS) is 22.2. The zero-order valence-electron chi connectivity index (χ0n) is 10.3. The van der Waals surface area contributed by atoms with Crippen LogP contribution in [0.25, 0.3) is 0 Å². The number of benzene rings is 1. The Morgan fingerprint density at radius 1 is 1.58 bits per heavy atom. The second kappa shape index (κ2) is 5.66. The lowest BCUT2D eigenvalue weighted by molar-refractivity contribution is -0.385. The molecule has 0 radical (unpaired) electrons.